The van der Waals surface area contributed by atoms with Gasteiger partial charge in [-0.1, -0.05) is 0 Å². The van der Waals surface area contributed by atoms with Crippen LogP contribution in [0.25, 0.3) is 11.2 Å². The molecule has 9 nitrogen and oxygen atoms in total. The van der Waals surface area contributed by atoms with E-state index in [4.69, 9.17) is 23.3 Å². The van der Waals surface area contributed by atoms with Gasteiger partial charge in [0.25, 0.3) is 0 Å². The van der Waals surface area contributed by atoms with Crippen LogP contribution in [0.3, 0.4) is 0 Å². The van der Waals surface area contributed by atoms with Crippen LogP contribution in [-0.4, -0.2) is 58.7 Å². The zero-order valence-electron chi connectivity index (χ0n) is 14.9. The number of hydrogen-bond acceptors (Lipinski definition) is 8. The van der Waals surface area contributed by atoms with Gasteiger partial charge in [0.15, 0.2) is 38.2 Å². The van der Waals surface area contributed by atoms with E-state index in [9.17, 15) is 4.39 Å². The Hall–Kier alpha value is -1.45. The summed E-state index contributed by atoms with van der Waals surface area (Å²) in [5.41, 5.74) is 0.891. The van der Waals surface area contributed by atoms with Crippen LogP contribution in [-0.2, 0) is 18.5 Å². The molecule has 1 aliphatic rings. The Labute approximate surface area is 151 Å². The third kappa shape index (κ3) is 4.10. The lowest BCUT2D eigenvalue weighted by atomic mass is 10.3. The van der Waals surface area contributed by atoms with Gasteiger partial charge in [0.2, 0.25) is 5.88 Å². The van der Waals surface area contributed by atoms with Gasteiger partial charge in [-0.15, -0.1) is 0 Å². The Morgan fingerprint density at radius 3 is 2.73 bits per heavy atom. The van der Waals surface area contributed by atoms with E-state index in [0.29, 0.717) is 30.3 Å². The van der Waals surface area contributed by atoms with Crippen molar-refractivity contribution in [1.82, 2.24) is 19.5 Å². The maximum atomic E-state index is 14.5. The molecule has 0 aromatic carbocycles. The molecule has 3 unspecified atom stereocenters. The number of aromatic nitrogens is 4. The summed E-state index contributed by atoms with van der Waals surface area (Å²) >= 11 is 0. The van der Waals surface area contributed by atoms with E-state index in [1.807, 2.05) is 13.8 Å². The molecule has 2 aromatic rings. The highest BCUT2D eigenvalue weighted by Crippen LogP contribution is 2.40. The minimum atomic E-state index is -1.26. The smallest absolute Gasteiger partial charge is 0.245 e. The molecule has 2 aromatic heterocycles. The van der Waals surface area contributed by atoms with Gasteiger partial charge in [-0.2, -0.15) is 4.98 Å². The molecule has 3 rings (SSSR count). The van der Waals surface area contributed by atoms with Crippen LogP contribution in [0.1, 0.15) is 26.5 Å². The van der Waals surface area contributed by atoms with Crippen molar-refractivity contribution in [3.05, 3.63) is 12.7 Å². The van der Waals surface area contributed by atoms with Crippen molar-refractivity contribution in [1.29, 1.82) is 0 Å². The van der Waals surface area contributed by atoms with Crippen molar-refractivity contribution in [2.75, 3.05) is 26.7 Å². The number of methoxy groups -OCH3 is 1. The Bertz CT molecular complexity index is 714. The van der Waals surface area contributed by atoms with Crippen LogP contribution in [0.5, 0.6) is 5.88 Å². The molecule has 11 heteroatoms. The minimum absolute atomic E-state index is 0.105. The van der Waals surface area contributed by atoms with Crippen molar-refractivity contribution in [3.63, 3.8) is 0 Å². The van der Waals surface area contributed by atoms with E-state index >= 15 is 0 Å². The van der Waals surface area contributed by atoms with Crippen LogP contribution >= 0.6 is 8.38 Å². The second-order valence-corrected chi connectivity index (χ2v) is 6.82. The normalized spacial score (nSPS) is 23.2. The Morgan fingerprint density at radius 2 is 2.04 bits per heavy atom. The summed E-state index contributed by atoms with van der Waals surface area (Å²) in [5, 5.41) is 0. The third-order valence-corrected chi connectivity index (χ3v) is 5.18. The second kappa shape index (κ2) is 8.96. The lowest BCUT2D eigenvalue weighted by Crippen LogP contribution is -2.17. The lowest BCUT2D eigenvalue weighted by molar-refractivity contribution is -0.142. The van der Waals surface area contributed by atoms with Gasteiger partial charge in [0.05, 0.1) is 26.7 Å². The van der Waals surface area contributed by atoms with Gasteiger partial charge in [0, 0.05) is 6.42 Å². The highest BCUT2D eigenvalue weighted by atomic mass is 31.2. The molecule has 1 aliphatic heterocycles. The quantitative estimate of drug-likeness (QED) is 0.606. The van der Waals surface area contributed by atoms with Crippen LogP contribution in [0.2, 0.25) is 0 Å². The number of hydrogen-bond donors (Lipinski definition) is 0. The molecule has 1 saturated heterocycles. The van der Waals surface area contributed by atoms with E-state index in [1.54, 1.807) is 0 Å². The number of imidazole rings is 1. The standard InChI is InChI=1S/C15H22FN4O5P/c1-4-23-26(24-5-2)9-22-11-6-10(16)15(25-11)20-8-19-12-13(20)17-7-18-14(12)21-3/h7-8,10-11,15H,4-6,9H2,1-3H3. The Kier molecular flexibility index (Phi) is 6.66. The van der Waals surface area contributed by atoms with E-state index in [-0.39, 0.29) is 12.8 Å². The summed E-state index contributed by atoms with van der Waals surface area (Å²) in [6, 6.07) is 0. The fraction of sp³-hybridized carbons (Fsp3) is 0.667. The van der Waals surface area contributed by atoms with Crippen molar-refractivity contribution in [2.24, 2.45) is 0 Å². The van der Waals surface area contributed by atoms with E-state index in [2.05, 4.69) is 15.0 Å². The third-order valence-electron chi connectivity index (χ3n) is 3.72. The van der Waals surface area contributed by atoms with Crippen molar-refractivity contribution < 1.29 is 27.6 Å². The molecule has 3 heterocycles. The Morgan fingerprint density at radius 1 is 1.27 bits per heavy atom. The average Bonchev–Trinajstić information content (AvgIpc) is 3.23. The molecule has 0 N–H and O–H groups in total. The number of ether oxygens (including phenoxy) is 3. The fourth-order valence-electron chi connectivity index (χ4n) is 2.65. The summed E-state index contributed by atoms with van der Waals surface area (Å²) in [5.74, 6) is 0.328. The Balaban J connectivity index is 1.67. The number of halogens is 1. The monoisotopic (exact) mass is 388 g/mol. The molecule has 0 aliphatic carbocycles. The SMILES string of the molecule is CCOP(COC1CC(F)C(n2cnc3c(OC)ncnc32)O1)OCC. The molecule has 3 atom stereocenters. The summed E-state index contributed by atoms with van der Waals surface area (Å²) in [7, 11) is 0.323. The molecule has 144 valence electrons. The topological polar surface area (TPSA) is 89.8 Å². The molecule has 26 heavy (non-hydrogen) atoms. The molecule has 0 spiro atoms. The number of alkyl halides is 1. The first-order valence-electron chi connectivity index (χ1n) is 8.33. The first-order chi connectivity index (χ1) is 12.7. The van der Waals surface area contributed by atoms with Crippen molar-refractivity contribution in [2.45, 2.75) is 39.0 Å². The maximum Gasteiger partial charge on any atom is 0.245 e. The number of nitrogens with zero attached hydrogens (tertiary/aromatic N) is 4. The molecule has 1 fully saturated rings. The van der Waals surface area contributed by atoms with E-state index in [0.717, 1.165) is 0 Å². The molecule has 0 bridgehead atoms. The fourth-order valence-corrected chi connectivity index (χ4v) is 3.74. The summed E-state index contributed by atoms with van der Waals surface area (Å²) in [6.45, 7) is 4.82. The highest BCUT2D eigenvalue weighted by molar-refractivity contribution is 7.47. The predicted molar refractivity (Wildman–Crippen MR) is 91.4 cm³/mol. The number of rotatable bonds is 9. The zero-order chi connectivity index (χ0) is 18.5. The first-order valence-corrected chi connectivity index (χ1v) is 9.70. The van der Waals surface area contributed by atoms with Gasteiger partial charge in [-0.25, -0.2) is 14.4 Å². The highest BCUT2D eigenvalue weighted by Gasteiger charge is 2.39. The number of fused-ring (bicyclic) bond motifs is 1. The molecule has 0 radical (unpaired) electrons. The average molecular weight is 388 g/mol. The summed E-state index contributed by atoms with van der Waals surface area (Å²) in [4.78, 5) is 12.4. The second-order valence-electron chi connectivity index (χ2n) is 5.38. The van der Waals surface area contributed by atoms with Crippen molar-refractivity contribution in [3.8, 4) is 5.88 Å². The van der Waals surface area contributed by atoms with Crippen LogP contribution < -0.4 is 4.74 Å². The van der Waals surface area contributed by atoms with E-state index in [1.165, 1.54) is 24.3 Å². The van der Waals surface area contributed by atoms with Crippen LogP contribution in [0.15, 0.2) is 12.7 Å². The van der Waals surface area contributed by atoms with Crippen molar-refractivity contribution >= 4 is 19.5 Å². The van der Waals surface area contributed by atoms with Gasteiger partial charge in [-0.3, -0.25) is 4.57 Å². The van der Waals surface area contributed by atoms with Gasteiger partial charge < -0.3 is 23.3 Å². The van der Waals surface area contributed by atoms with Crippen LogP contribution in [0, 0.1) is 0 Å². The molecule has 0 saturated carbocycles. The summed E-state index contributed by atoms with van der Waals surface area (Å²) < 4.78 is 43.6. The largest absolute Gasteiger partial charge is 0.479 e. The van der Waals surface area contributed by atoms with Gasteiger partial charge in [0.1, 0.15) is 12.7 Å². The molecule has 0 amide bonds. The predicted octanol–water partition coefficient (Wildman–Crippen LogP) is 2.78. The van der Waals surface area contributed by atoms with Gasteiger partial charge >= 0.3 is 0 Å². The molecular formula is C15H22FN4O5P. The molecular weight excluding hydrogens is 366 g/mol. The maximum absolute atomic E-state index is 14.5. The van der Waals surface area contributed by atoms with Gasteiger partial charge in [-0.05, 0) is 13.8 Å². The van der Waals surface area contributed by atoms with Crippen LogP contribution in [0.4, 0.5) is 4.39 Å². The lowest BCUT2D eigenvalue weighted by Gasteiger charge is -2.19. The minimum Gasteiger partial charge on any atom is -0.479 e. The first kappa shape index (κ1) is 19.3. The summed E-state index contributed by atoms with van der Waals surface area (Å²) in [6.07, 6.45) is 0.304. The van der Waals surface area contributed by atoms with E-state index < -0.39 is 27.1 Å². The zero-order valence-corrected chi connectivity index (χ0v) is 15.8.